The summed E-state index contributed by atoms with van der Waals surface area (Å²) in [5.41, 5.74) is 1.67. The van der Waals surface area contributed by atoms with E-state index < -0.39 is 0 Å². The van der Waals surface area contributed by atoms with Crippen molar-refractivity contribution in [3.63, 3.8) is 0 Å². The summed E-state index contributed by atoms with van der Waals surface area (Å²) in [6.45, 7) is 1.55. The number of fused-ring (bicyclic) bond motifs is 2. The Balaban J connectivity index is 0.000000868. The maximum Gasteiger partial charge on any atom is 0.290 e. The molecule has 5 rings (SSSR count). The van der Waals surface area contributed by atoms with Gasteiger partial charge in [0.2, 0.25) is 5.91 Å². The Morgan fingerprint density at radius 3 is 2.56 bits per heavy atom. The summed E-state index contributed by atoms with van der Waals surface area (Å²) >= 11 is 0. The van der Waals surface area contributed by atoms with Crippen LogP contribution in [0, 0.1) is 6.92 Å². The highest BCUT2D eigenvalue weighted by Crippen LogP contribution is 2.32. The fourth-order valence-corrected chi connectivity index (χ4v) is 4.71. The van der Waals surface area contributed by atoms with E-state index in [4.69, 9.17) is 9.90 Å². The molecule has 2 aliphatic heterocycles. The topological polar surface area (TPSA) is 119 Å². The third-order valence-electron chi connectivity index (χ3n) is 6.28. The van der Waals surface area contributed by atoms with Crippen molar-refractivity contribution in [2.75, 3.05) is 0 Å². The van der Waals surface area contributed by atoms with Gasteiger partial charge >= 0.3 is 0 Å². The van der Waals surface area contributed by atoms with Crippen molar-refractivity contribution in [1.82, 2.24) is 24.6 Å². The van der Waals surface area contributed by atoms with Crippen LogP contribution >= 0.6 is 0 Å². The van der Waals surface area contributed by atoms with Gasteiger partial charge in [0.15, 0.2) is 0 Å². The van der Waals surface area contributed by atoms with Crippen LogP contribution in [0.1, 0.15) is 37.4 Å². The number of benzene rings is 1. The summed E-state index contributed by atoms with van der Waals surface area (Å²) in [5.74, 6) is 0.854. The van der Waals surface area contributed by atoms with Crippen molar-refractivity contribution >= 4 is 23.2 Å². The van der Waals surface area contributed by atoms with Gasteiger partial charge in [-0.2, -0.15) is 5.10 Å². The summed E-state index contributed by atoms with van der Waals surface area (Å²) in [7, 11) is 0. The number of nitrogens with one attached hydrogen (secondary N) is 1. The van der Waals surface area contributed by atoms with Crippen LogP contribution in [-0.4, -0.2) is 42.9 Å². The number of aryl methyl sites for hydroxylation is 1. The normalized spacial score (nSPS) is 17.7. The highest BCUT2D eigenvalue weighted by molar-refractivity contribution is 5.83. The number of hydrogen-bond donors (Lipinski definition) is 2. The lowest BCUT2D eigenvalue weighted by molar-refractivity contribution is -0.123. The molecule has 34 heavy (non-hydrogen) atoms. The van der Waals surface area contributed by atoms with Gasteiger partial charge in [0.1, 0.15) is 12.4 Å². The van der Waals surface area contributed by atoms with E-state index in [0.29, 0.717) is 11.4 Å². The predicted octanol–water partition coefficient (Wildman–Crippen LogP) is 3.01. The largest absolute Gasteiger partial charge is 0.483 e. The lowest BCUT2D eigenvalue weighted by Gasteiger charge is -2.31. The Morgan fingerprint density at radius 1 is 1.12 bits per heavy atom. The fraction of sp³-hybridized carbons (Fsp3) is 0.320. The molecule has 9 heteroatoms. The minimum Gasteiger partial charge on any atom is -0.483 e. The molecule has 1 fully saturated rings. The molecule has 2 N–H and O–H groups in total. The maximum absolute atomic E-state index is 12.7. The van der Waals surface area contributed by atoms with Gasteiger partial charge in [-0.1, -0.05) is 18.2 Å². The van der Waals surface area contributed by atoms with Gasteiger partial charge in [0.25, 0.3) is 12.0 Å². The van der Waals surface area contributed by atoms with Crippen LogP contribution in [0.4, 0.5) is 0 Å². The van der Waals surface area contributed by atoms with Crippen molar-refractivity contribution in [3.05, 3.63) is 70.9 Å². The number of amides is 1. The molecule has 0 bridgehead atoms. The summed E-state index contributed by atoms with van der Waals surface area (Å²) in [6, 6.07) is 14.1. The number of hydrogen-bond acceptors (Lipinski definition) is 5. The second-order valence-electron chi connectivity index (χ2n) is 8.41. The van der Waals surface area contributed by atoms with Crippen LogP contribution < -0.4 is 10.9 Å². The monoisotopic (exact) mass is 461 g/mol. The summed E-state index contributed by atoms with van der Waals surface area (Å²) in [6.07, 6.45) is 7.71. The molecule has 1 amide bonds. The molecule has 0 unspecified atom stereocenters. The van der Waals surface area contributed by atoms with Crippen LogP contribution in [0.2, 0.25) is 0 Å². The Bertz CT molecular complexity index is 1320. The van der Waals surface area contributed by atoms with E-state index in [2.05, 4.69) is 38.3 Å². The molecule has 2 aromatic rings. The second kappa shape index (κ2) is 10.3. The zero-order valence-corrected chi connectivity index (χ0v) is 18.9. The van der Waals surface area contributed by atoms with Crippen LogP contribution in [0.15, 0.2) is 59.7 Å². The summed E-state index contributed by atoms with van der Waals surface area (Å²) < 4.78 is 3.53. The fourth-order valence-electron chi connectivity index (χ4n) is 4.71. The van der Waals surface area contributed by atoms with Crippen molar-refractivity contribution < 1.29 is 14.7 Å². The molecule has 0 atom stereocenters. The molecular weight excluding hydrogens is 434 g/mol. The Kier molecular flexibility index (Phi) is 7.01. The van der Waals surface area contributed by atoms with Crippen molar-refractivity contribution in [2.45, 2.75) is 51.2 Å². The van der Waals surface area contributed by atoms with E-state index in [-0.39, 0.29) is 30.5 Å². The van der Waals surface area contributed by atoms with Gasteiger partial charge in [-0.25, -0.2) is 9.67 Å². The number of carbonyl (C=O) groups excluding carboxylic acids is 1. The van der Waals surface area contributed by atoms with E-state index >= 15 is 0 Å². The van der Waals surface area contributed by atoms with E-state index in [1.54, 1.807) is 6.07 Å². The minimum absolute atomic E-state index is 0.0596. The van der Waals surface area contributed by atoms with Crippen LogP contribution in [-0.2, 0) is 16.1 Å². The first-order chi connectivity index (χ1) is 16.5. The average molecular weight is 462 g/mol. The van der Waals surface area contributed by atoms with Crippen LogP contribution in [0.25, 0.3) is 22.2 Å². The maximum atomic E-state index is 12.7. The predicted molar refractivity (Wildman–Crippen MR) is 128 cm³/mol. The third-order valence-corrected chi connectivity index (χ3v) is 6.28. The van der Waals surface area contributed by atoms with Gasteiger partial charge in [0, 0.05) is 35.4 Å². The molecule has 1 aliphatic carbocycles. The summed E-state index contributed by atoms with van der Waals surface area (Å²) in [4.78, 5) is 38.2. The minimum atomic E-state index is -0.250. The first-order valence-corrected chi connectivity index (χ1v) is 11.3. The van der Waals surface area contributed by atoms with Gasteiger partial charge < -0.3 is 15.0 Å². The molecule has 1 aromatic carbocycles. The molecule has 9 nitrogen and oxygen atoms in total. The number of carboxylic acid groups (broad SMARTS) is 1. The smallest absolute Gasteiger partial charge is 0.290 e. The van der Waals surface area contributed by atoms with Crippen molar-refractivity contribution in [1.29, 1.82) is 0 Å². The third kappa shape index (κ3) is 4.83. The first kappa shape index (κ1) is 23.2. The van der Waals surface area contributed by atoms with Gasteiger partial charge in [-0.05, 0) is 56.9 Å². The number of aromatic nitrogens is 4. The van der Waals surface area contributed by atoms with Crippen LogP contribution in [0.3, 0.4) is 0 Å². The molecular formula is C25H27N5O4. The zero-order valence-electron chi connectivity index (χ0n) is 18.9. The quantitative estimate of drug-likeness (QED) is 0.451. The molecule has 0 spiro atoms. The summed E-state index contributed by atoms with van der Waals surface area (Å²) in [5, 5.41) is 15.8. The van der Waals surface area contributed by atoms with E-state index in [9.17, 15) is 9.59 Å². The SMILES string of the molecule is Cc1nn(CC(=O)NC2CCC(n3cccc4ccnc3-4)CC2)c(=O)c2ccccc12.O=CO. The van der Waals surface area contributed by atoms with Gasteiger partial charge in [0.05, 0.1) is 11.1 Å². The number of carbonyl (C=O) groups is 2. The lowest BCUT2D eigenvalue weighted by atomic mass is 9.90. The van der Waals surface area contributed by atoms with Crippen LogP contribution in [0.5, 0.6) is 0 Å². The number of rotatable bonds is 4. The Labute approximate surface area is 196 Å². The lowest BCUT2D eigenvalue weighted by Crippen LogP contribution is -2.41. The van der Waals surface area contributed by atoms with E-state index in [1.807, 2.05) is 37.4 Å². The molecule has 3 heterocycles. The number of nitrogens with zero attached hydrogens (tertiary/aromatic N) is 4. The van der Waals surface area contributed by atoms with Crippen molar-refractivity contribution in [3.8, 4) is 11.4 Å². The van der Waals surface area contributed by atoms with E-state index in [0.717, 1.165) is 48.2 Å². The highest BCUT2D eigenvalue weighted by Gasteiger charge is 2.25. The highest BCUT2D eigenvalue weighted by atomic mass is 16.3. The standard InChI is InChI=1S/C24H25N5O2.CH2O2/c1-16-20-6-2-3-7-21(20)24(31)29(27-16)15-22(30)26-18-8-10-19(11-9-18)28-14-4-5-17-12-13-25-23(17)28;2-1-3/h2-7,12-14,18-19H,8-11,15H2,1H3,(H,26,30);1H,(H,2,3). The molecule has 1 saturated carbocycles. The molecule has 1 aromatic heterocycles. The van der Waals surface area contributed by atoms with E-state index in [1.165, 1.54) is 4.68 Å². The Hall–Kier alpha value is -4.01. The molecule has 0 saturated heterocycles. The Morgan fingerprint density at radius 2 is 1.82 bits per heavy atom. The molecule has 3 aliphatic rings. The van der Waals surface area contributed by atoms with Gasteiger partial charge in [-0.3, -0.25) is 14.4 Å². The second-order valence-corrected chi connectivity index (χ2v) is 8.41. The van der Waals surface area contributed by atoms with Crippen molar-refractivity contribution in [2.24, 2.45) is 0 Å². The number of pyridine rings is 1. The molecule has 0 radical (unpaired) electrons. The average Bonchev–Trinajstić information content (AvgIpc) is 3.33. The zero-order chi connectivity index (χ0) is 24.1. The van der Waals surface area contributed by atoms with Gasteiger partial charge in [-0.15, -0.1) is 0 Å². The molecule has 176 valence electrons. The first-order valence-electron chi connectivity index (χ1n) is 11.3.